The first-order valence-corrected chi connectivity index (χ1v) is 7.57. The van der Waals surface area contributed by atoms with E-state index in [0.717, 1.165) is 25.9 Å². The third-order valence-electron chi connectivity index (χ3n) is 4.16. The van der Waals surface area contributed by atoms with E-state index in [4.69, 9.17) is 4.74 Å². The van der Waals surface area contributed by atoms with Crippen LogP contribution in [0.3, 0.4) is 0 Å². The predicted molar refractivity (Wildman–Crippen MR) is 81.3 cm³/mol. The summed E-state index contributed by atoms with van der Waals surface area (Å²) in [5, 5.41) is 11.4. The molecule has 0 atom stereocenters. The Morgan fingerprint density at radius 3 is 2.45 bits per heavy atom. The zero-order valence-corrected chi connectivity index (χ0v) is 12.4. The van der Waals surface area contributed by atoms with E-state index in [-0.39, 0.29) is 11.6 Å². The highest BCUT2D eigenvalue weighted by molar-refractivity contribution is 5.96. The number of hydrogen-bond donors (Lipinski definition) is 0. The molecule has 22 heavy (non-hydrogen) atoms. The molecule has 0 saturated carbocycles. The van der Waals surface area contributed by atoms with Crippen LogP contribution in [0.2, 0.25) is 0 Å². The van der Waals surface area contributed by atoms with Crippen LogP contribution in [-0.4, -0.2) is 55.1 Å². The Bertz CT molecular complexity index is 578. The number of ether oxygens (including phenoxy) is 1. The van der Waals surface area contributed by atoms with Gasteiger partial charge in [0.05, 0.1) is 18.1 Å². The zero-order chi connectivity index (χ0) is 15.5. The van der Waals surface area contributed by atoms with Gasteiger partial charge in [-0.1, -0.05) is 0 Å². The van der Waals surface area contributed by atoms with Crippen LogP contribution in [0.15, 0.2) is 18.2 Å². The molecule has 0 N–H and O–H groups in total. The molecular weight excluding hydrogens is 286 g/mol. The van der Waals surface area contributed by atoms with Crippen LogP contribution in [0, 0.1) is 10.1 Å². The number of morpholine rings is 1. The van der Waals surface area contributed by atoms with E-state index in [9.17, 15) is 14.9 Å². The van der Waals surface area contributed by atoms with Crippen LogP contribution in [0.4, 0.5) is 11.4 Å². The molecule has 0 aliphatic carbocycles. The van der Waals surface area contributed by atoms with E-state index in [1.807, 2.05) is 4.90 Å². The highest BCUT2D eigenvalue weighted by Gasteiger charge is 2.25. The van der Waals surface area contributed by atoms with Gasteiger partial charge in [0.1, 0.15) is 5.69 Å². The Balaban J connectivity index is 1.87. The van der Waals surface area contributed by atoms with Crippen molar-refractivity contribution >= 4 is 17.3 Å². The van der Waals surface area contributed by atoms with Crippen molar-refractivity contribution in [2.45, 2.75) is 12.8 Å². The lowest BCUT2D eigenvalue weighted by Crippen LogP contribution is -2.40. The monoisotopic (exact) mass is 305 g/mol. The number of benzene rings is 1. The lowest BCUT2D eigenvalue weighted by atomic mass is 10.1. The molecule has 0 bridgehead atoms. The maximum Gasteiger partial charge on any atom is 0.293 e. The molecule has 2 saturated heterocycles. The number of carbonyl (C=O) groups excluding carboxylic acids is 1. The number of carbonyl (C=O) groups is 1. The summed E-state index contributed by atoms with van der Waals surface area (Å²) in [6.07, 6.45) is 2.09. The van der Waals surface area contributed by atoms with Gasteiger partial charge in [0.2, 0.25) is 0 Å². The largest absolute Gasteiger partial charge is 0.378 e. The van der Waals surface area contributed by atoms with Crippen LogP contribution in [-0.2, 0) is 4.74 Å². The van der Waals surface area contributed by atoms with Crippen LogP contribution < -0.4 is 4.90 Å². The summed E-state index contributed by atoms with van der Waals surface area (Å²) in [5.74, 6) is -0.167. The van der Waals surface area contributed by atoms with Gasteiger partial charge in [0.25, 0.3) is 11.6 Å². The van der Waals surface area contributed by atoms with Gasteiger partial charge >= 0.3 is 0 Å². The Hall–Kier alpha value is -2.15. The fourth-order valence-corrected chi connectivity index (χ4v) is 2.98. The van der Waals surface area contributed by atoms with Crippen LogP contribution in [0.25, 0.3) is 0 Å². The second-order valence-corrected chi connectivity index (χ2v) is 5.56. The van der Waals surface area contributed by atoms with Crippen LogP contribution >= 0.6 is 0 Å². The average molecular weight is 305 g/mol. The summed E-state index contributed by atoms with van der Waals surface area (Å²) >= 11 is 0. The number of nitro groups is 1. The van der Waals surface area contributed by atoms with Crippen molar-refractivity contribution < 1.29 is 14.5 Å². The first-order valence-electron chi connectivity index (χ1n) is 7.57. The predicted octanol–water partition coefficient (Wildman–Crippen LogP) is 1.67. The molecule has 1 aromatic carbocycles. The molecule has 118 valence electrons. The summed E-state index contributed by atoms with van der Waals surface area (Å²) in [7, 11) is 0. The van der Waals surface area contributed by atoms with Crippen molar-refractivity contribution in [2.24, 2.45) is 0 Å². The lowest BCUT2D eigenvalue weighted by molar-refractivity contribution is -0.384. The first kappa shape index (κ1) is 14.8. The highest BCUT2D eigenvalue weighted by atomic mass is 16.6. The second-order valence-electron chi connectivity index (χ2n) is 5.56. The average Bonchev–Trinajstić information content (AvgIpc) is 3.08. The van der Waals surface area contributed by atoms with E-state index in [2.05, 4.69) is 0 Å². The molecule has 1 aromatic rings. The lowest BCUT2D eigenvalue weighted by Gasteiger charge is -2.27. The van der Waals surface area contributed by atoms with Gasteiger partial charge in [0, 0.05) is 37.8 Å². The molecule has 0 unspecified atom stereocenters. The Morgan fingerprint density at radius 1 is 1.14 bits per heavy atom. The molecule has 2 aliphatic heterocycles. The minimum atomic E-state index is -0.399. The normalized spacial score (nSPS) is 18.5. The van der Waals surface area contributed by atoms with Gasteiger partial charge in [-0.3, -0.25) is 14.9 Å². The summed E-state index contributed by atoms with van der Waals surface area (Å²) in [6, 6.07) is 4.81. The molecule has 0 aromatic heterocycles. The number of rotatable bonds is 3. The van der Waals surface area contributed by atoms with Crippen LogP contribution in [0.1, 0.15) is 23.2 Å². The second kappa shape index (κ2) is 6.31. The van der Waals surface area contributed by atoms with E-state index < -0.39 is 4.92 Å². The third kappa shape index (κ3) is 2.89. The van der Waals surface area contributed by atoms with Crippen molar-refractivity contribution in [2.75, 3.05) is 44.3 Å². The minimum absolute atomic E-state index is 0.0148. The molecule has 1 amide bonds. The van der Waals surface area contributed by atoms with Crippen molar-refractivity contribution in [3.8, 4) is 0 Å². The van der Waals surface area contributed by atoms with E-state index >= 15 is 0 Å². The summed E-state index contributed by atoms with van der Waals surface area (Å²) in [5.41, 5.74) is 0.999. The van der Waals surface area contributed by atoms with Gasteiger partial charge in [0.15, 0.2) is 0 Å². The topological polar surface area (TPSA) is 75.9 Å². The molecule has 2 aliphatic rings. The van der Waals surface area contributed by atoms with Crippen LogP contribution in [0.5, 0.6) is 0 Å². The van der Waals surface area contributed by atoms with Gasteiger partial charge in [-0.05, 0) is 25.0 Å². The molecular formula is C15H19N3O4. The maximum absolute atomic E-state index is 12.4. The zero-order valence-electron chi connectivity index (χ0n) is 12.4. The highest BCUT2D eigenvalue weighted by Crippen LogP contribution is 2.32. The Kier molecular flexibility index (Phi) is 4.24. The minimum Gasteiger partial charge on any atom is -0.378 e. The maximum atomic E-state index is 12.4. The van der Waals surface area contributed by atoms with Crippen molar-refractivity contribution in [1.82, 2.24) is 4.90 Å². The smallest absolute Gasteiger partial charge is 0.293 e. The third-order valence-corrected chi connectivity index (χ3v) is 4.16. The Morgan fingerprint density at radius 2 is 1.82 bits per heavy atom. The van der Waals surface area contributed by atoms with Crippen molar-refractivity contribution in [1.29, 1.82) is 0 Å². The molecule has 3 rings (SSSR count). The SMILES string of the molecule is O=C(c1ccc(N2CCCC2)c([N+](=O)[O-])c1)N1CCOCC1. The van der Waals surface area contributed by atoms with Gasteiger partial charge < -0.3 is 14.5 Å². The van der Waals surface area contributed by atoms with Crippen molar-refractivity contribution in [3.63, 3.8) is 0 Å². The number of nitrogens with zero attached hydrogens (tertiary/aromatic N) is 3. The van der Waals surface area contributed by atoms with Gasteiger partial charge in [-0.15, -0.1) is 0 Å². The number of nitro benzene ring substituents is 1. The summed E-state index contributed by atoms with van der Waals surface area (Å²) in [4.78, 5) is 27.1. The molecule has 7 nitrogen and oxygen atoms in total. The quantitative estimate of drug-likeness (QED) is 0.627. The molecule has 2 fully saturated rings. The number of anilines is 1. The van der Waals surface area contributed by atoms with E-state index in [1.54, 1.807) is 17.0 Å². The standard InChI is InChI=1S/C15H19N3O4/c19-15(17-7-9-22-10-8-17)12-3-4-13(14(11-12)18(20)21)16-5-1-2-6-16/h3-4,11H,1-2,5-10H2. The fourth-order valence-electron chi connectivity index (χ4n) is 2.98. The fraction of sp³-hybridized carbons (Fsp3) is 0.533. The van der Waals surface area contributed by atoms with Crippen molar-refractivity contribution in [3.05, 3.63) is 33.9 Å². The van der Waals surface area contributed by atoms with E-state index in [1.165, 1.54) is 6.07 Å². The number of amides is 1. The first-order chi connectivity index (χ1) is 10.7. The Labute approximate surface area is 128 Å². The molecule has 0 radical (unpaired) electrons. The van der Waals surface area contributed by atoms with Gasteiger partial charge in [-0.25, -0.2) is 0 Å². The molecule has 2 heterocycles. The molecule has 0 spiro atoms. The number of hydrogen-bond acceptors (Lipinski definition) is 5. The molecule has 7 heteroatoms. The summed E-state index contributed by atoms with van der Waals surface area (Å²) in [6.45, 7) is 3.75. The summed E-state index contributed by atoms with van der Waals surface area (Å²) < 4.78 is 5.23. The van der Waals surface area contributed by atoms with E-state index in [0.29, 0.717) is 37.6 Å². The van der Waals surface area contributed by atoms with Gasteiger partial charge in [-0.2, -0.15) is 0 Å².